The maximum absolute atomic E-state index is 11.0. The molecular weight excluding hydrogens is 332 g/mol. The molecule has 1 heterocycles. The van der Waals surface area contributed by atoms with E-state index >= 15 is 0 Å². The number of nitro benzene ring substituents is 1. The zero-order valence-electron chi connectivity index (χ0n) is 10.1. The summed E-state index contributed by atoms with van der Waals surface area (Å²) in [5.74, 6) is 0.469. The maximum atomic E-state index is 11.0. The van der Waals surface area contributed by atoms with Crippen LogP contribution in [0.15, 0.2) is 34.1 Å². The number of rotatable bonds is 5. The van der Waals surface area contributed by atoms with E-state index in [-0.39, 0.29) is 5.69 Å². The molecule has 1 N–H and O–H groups in total. The van der Waals surface area contributed by atoms with E-state index in [4.69, 9.17) is 4.74 Å². The summed E-state index contributed by atoms with van der Waals surface area (Å²) in [5.41, 5.74) is 0.491. The number of methoxy groups -OCH3 is 1. The van der Waals surface area contributed by atoms with Gasteiger partial charge in [0.05, 0.1) is 18.1 Å². The first-order valence-corrected chi connectivity index (χ1v) is 7.06. The Morgan fingerprint density at radius 1 is 1.47 bits per heavy atom. The van der Waals surface area contributed by atoms with Crippen LogP contribution < -0.4 is 10.1 Å². The third kappa shape index (κ3) is 3.45. The van der Waals surface area contributed by atoms with Crippen LogP contribution in [0.3, 0.4) is 0 Å². The molecule has 1 aromatic carbocycles. The van der Waals surface area contributed by atoms with Gasteiger partial charge in [0.15, 0.2) is 0 Å². The summed E-state index contributed by atoms with van der Waals surface area (Å²) in [6, 6.07) is 6.74. The molecule has 0 unspecified atom stereocenters. The molecule has 0 radical (unpaired) electrons. The van der Waals surface area contributed by atoms with Crippen molar-refractivity contribution in [3.63, 3.8) is 0 Å². The minimum absolute atomic E-state index is 0.00923. The molecule has 0 atom stereocenters. The standard InChI is InChI=1S/C12H11BrN2O3S/c1-18-9-2-3-11(12(5-9)15(16)17)14-6-10-4-8(13)7-19-10/h2-5,7,14H,6H2,1H3. The average Bonchev–Trinajstić information content (AvgIpc) is 2.82. The van der Waals surface area contributed by atoms with Crippen molar-refractivity contribution >= 4 is 38.6 Å². The molecule has 2 rings (SSSR count). The Morgan fingerprint density at radius 3 is 2.84 bits per heavy atom. The third-order valence-corrected chi connectivity index (χ3v) is 4.17. The van der Waals surface area contributed by atoms with Crippen LogP contribution in [0.4, 0.5) is 11.4 Å². The lowest BCUT2D eigenvalue weighted by atomic mass is 10.2. The minimum Gasteiger partial charge on any atom is -0.496 e. The molecule has 5 nitrogen and oxygen atoms in total. The van der Waals surface area contributed by atoms with Crippen LogP contribution >= 0.6 is 27.3 Å². The highest BCUT2D eigenvalue weighted by Gasteiger charge is 2.14. The predicted octanol–water partition coefficient (Wildman–Crippen LogP) is 4.04. The van der Waals surface area contributed by atoms with E-state index < -0.39 is 4.92 Å². The van der Waals surface area contributed by atoms with E-state index in [1.165, 1.54) is 13.2 Å². The fraction of sp³-hybridized carbons (Fsp3) is 0.167. The number of nitrogens with one attached hydrogen (secondary N) is 1. The first-order valence-electron chi connectivity index (χ1n) is 5.39. The highest BCUT2D eigenvalue weighted by molar-refractivity contribution is 9.10. The number of nitrogens with zero attached hydrogens (tertiary/aromatic N) is 1. The normalized spacial score (nSPS) is 10.2. The van der Waals surface area contributed by atoms with Gasteiger partial charge < -0.3 is 10.1 Å². The van der Waals surface area contributed by atoms with E-state index in [0.717, 1.165) is 9.35 Å². The van der Waals surface area contributed by atoms with E-state index in [1.54, 1.807) is 23.5 Å². The molecule has 0 bridgehead atoms. The molecule has 0 aliphatic heterocycles. The lowest BCUT2D eigenvalue weighted by Crippen LogP contribution is -2.01. The Kier molecular flexibility index (Phi) is 4.39. The number of hydrogen-bond acceptors (Lipinski definition) is 5. The lowest BCUT2D eigenvalue weighted by molar-refractivity contribution is -0.384. The fourth-order valence-electron chi connectivity index (χ4n) is 1.57. The first kappa shape index (κ1) is 13.8. The molecule has 1 aromatic heterocycles. The van der Waals surface area contributed by atoms with Crippen LogP contribution in [-0.4, -0.2) is 12.0 Å². The summed E-state index contributed by atoms with van der Waals surface area (Å²) >= 11 is 4.96. The quantitative estimate of drug-likeness (QED) is 0.657. The van der Waals surface area contributed by atoms with Crippen molar-refractivity contribution in [2.75, 3.05) is 12.4 Å². The second-order valence-corrected chi connectivity index (χ2v) is 5.64. The number of ether oxygens (including phenoxy) is 1. The van der Waals surface area contributed by atoms with Gasteiger partial charge in [-0.1, -0.05) is 0 Å². The van der Waals surface area contributed by atoms with Crippen molar-refractivity contribution in [3.05, 3.63) is 49.1 Å². The molecule has 0 fully saturated rings. The highest BCUT2D eigenvalue weighted by atomic mass is 79.9. The Morgan fingerprint density at radius 2 is 2.26 bits per heavy atom. The monoisotopic (exact) mass is 342 g/mol. The van der Waals surface area contributed by atoms with E-state index in [2.05, 4.69) is 21.2 Å². The van der Waals surface area contributed by atoms with Gasteiger partial charge in [-0.3, -0.25) is 10.1 Å². The largest absolute Gasteiger partial charge is 0.496 e. The molecule has 0 aliphatic carbocycles. The average molecular weight is 343 g/mol. The van der Waals surface area contributed by atoms with Crippen LogP contribution in [0.25, 0.3) is 0 Å². The lowest BCUT2D eigenvalue weighted by Gasteiger charge is -2.07. The van der Waals surface area contributed by atoms with Crippen molar-refractivity contribution in [2.24, 2.45) is 0 Å². The van der Waals surface area contributed by atoms with Gasteiger partial charge in [0.25, 0.3) is 5.69 Å². The fourth-order valence-corrected chi connectivity index (χ4v) is 2.96. The summed E-state index contributed by atoms with van der Waals surface area (Å²) in [6.45, 7) is 0.545. The molecule has 0 saturated heterocycles. The molecule has 0 spiro atoms. The molecule has 2 aromatic rings. The number of thiophene rings is 1. The van der Waals surface area contributed by atoms with Gasteiger partial charge in [-0.25, -0.2) is 0 Å². The molecule has 7 heteroatoms. The van der Waals surface area contributed by atoms with Crippen molar-refractivity contribution < 1.29 is 9.66 Å². The van der Waals surface area contributed by atoms with E-state index in [1.807, 2.05) is 11.4 Å². The van der Waals surface area contributed by atoms with Crippen LogP contribution in [0, 0.1) is 10.1 Å². The molecule has 0 saturated carbocycles. The summed E-state index contributed by atoms with van der Waals surface area (Å²) in [4.78, 5) is 11.7. The van der Waals surface area contributed by atoms with Gasteiger partial charge >= 0.3 is 0 Å². The zero-order chi connectivity index (χ0) is 13.8. The van der Waals surface area contributed by atoms with Crippen molar-refractivity contribution in [2.45, 2.75) is 6.54 Å². The van der Waals surface area contributed by atoms with Gasteiger partial charge in [0.2, 0.25) is 0 Å². The molecule has 0 amide bonds. The first-order chi connectivity index (χ1) is 9.10. The molecule has 0 aliphatic rings. The number of nitro groups is 1. The highest BCUT2D eigenvalue weighted by Crippen LogP contribution is 2.30. The third-order valence-electron chi connectivity index (χ3n) is 2.48. The topological polar surface area (TPSA) is 64.4 Å². The Hall–Kier alpha value is -1.60. The van der Waals surface area contributed by atoms with Crippen molar-refractivity contribution in [3.8, 4) is 5.75 Å². The van der Waals surface area contributed by atoms with Crippen LogP contribution in [0.1, 0.15) is 4.88 Å². The summed E-state index contributed by atoms with van der Waals surface area (Å²) < 4.78 is 6.00. The predicted molar refractivity (Wildman–Crippen MR) is 79.0 cm³/mol. The van der Waals surface area contributed by atoms with Crippen LogP contribution in [-0.2, 0) is 6.54 Å². The molecule has 19 heavy (non-hydrogen) atoms. The Balaban J connectivity index is 2.17. The van der Waals surface area contributed by atoms with Gasteiger partial charge in [0.1, 0.15) is 11.4 Å². The smallest absolute Gasteiger partial charge is 0.296 e. The number of hydrogen-bond donors (Lipinski definition) is 1. The molecular formula is C12H11BrN2O3S. The Bertz CT molecular complexity index is 600. The van der Waals surface area contributed by atoms with Gasteiger partial charge in [-0.2, -0.15) is 0 Å². The van der Waals surface area contributed by atoms with Crippen molar-refractivity contribution in [1.82, 2.24) is 0 Å². The molecule has 100 valence electrons. The number of halogens is 1. The Labute approximate surface area is 122 Å². The van der Waals surface area contributed by atoms with Gasteiger partial charge in [-0.05, 0) is 34.1 Å². The maximum Gasteiger partial charge on any atom is 0.296 e. The number of anilines is 1. The van der Waals surface area contributed by atoms with E-state index in [0.29, 0.717) is 18.0 Å². The summed E-state index contributed by atoms with van der Waals surface area (Å²) in [5, 5.41) is 16.1. The van der Waals surface area contributed by atoms with E-state index in [9.17, 15) is 10.1 Å². The second kappa shape index (κ2) is 6.03. The second-order valence-electron chi connectivity index (χ2n) is 3.72. The van der Waals surface area contributed by atoms with Crippen LogP contribution in [0.5, 0.6) is 5.75 Å². The van der Waals surface area contributed by atoms with Gasteiger partial charge in [-0.15, -0.1) is 11.3 Å². The van der Waals surface area contributed by atoms with Crippen molar-refractivity contribution in [1.29, 1.82) is 0 Å². The SMILES string of the molecule is COc1ccc(NCc2cc(Br)cs2)c([N+](=O)[O-])c1. The summed E-state index contributed by atoms with van der Waals surface area (Å²) in [6.07, 6.45) is 0. The van der Waals surface area contributed by atoms with Crippen LogP contribution in [0.2, 0.25) is 0 Å². The summed E-state index contributed by atoms with van der Waals surface area (Å²) in [7, 11) is 1.48. The minimum atomic E-state index is -0.421. The zero-order valence-corrected chi connectivity index (χ0v) is 12.5. The van der Waals surface area contributed by atoms with Gasteiger partial charge in [0, 0.05) is 21.3 Å². The number of benzene rings is 1.